The van der Waals surface area contributed by atoms with Crippen LogP contribution in [-0.2, 0) is 0 Å². The van der Waals surface area contributed by atoms with E-state index in [9.17, 15) is 8.78 Å². The molecule has 1 aromatic heterocycles. The maximum Gasteiger partial charge on any atom is 0.168 e. The van der Waals surface area contributed by atoms with Gasteiger partial charge in [-0.15, -0.1) is 0 Å². The van der Waals surface area contributed by atoms with Crippen LogP contribution in [0.5, 0.6) is 5.75 Å². The normalized spacial score (nSPS) is 12.3. The van der Waals surface area contributed by atoms with Gasteiger partial charge in [-0.05, 0) is 48.4 Å². The molecule has 0 spiro atoms. The number of rotatable bonds is 4. The summed E-state index contributed by atoms with van der Waals surface area (Å²) in [6.45, 7) is 1.92. The summed E-state index contributed by atoms with van der Waals surface area (Å²) in [5, 5.41) is 0. The molecule has 0 bridgehead atoms. The van der Waals surface area contributed by atoms with Crippen LogP contribution in [0.2, 0.25) is 0 Å². The van der Waals surface area contributed by atoms with Crippen molar-refractivity contribution in [3.8, 4) is 22.6 Å². The lowest BCUT2D eigenvalue weighted by Gasteiger charge is -2.12. The van der Waals surface area contributed by atoms with Gasteiger partial charge in [0.25, 0.3) is 0 Å². The summed E-state index contributed by atoms with van der Waals surface area (Å²) in [6.07, 6.45) is 1.72. The molecular formula is C22H19F2N3O. The lowest BCUT2D eigenvalue weighted by molar-refractivity contribution is 0.386. The fourth-order valence-corrected chi connectivity index (χ4v) is 3.32. The molecule has 3 aromatic carbocycles. The van der Waals surface area contributed by atoms with Crippen LogP contribution < -0.4 is 10.5 Å². The number of imidazole rings is 1. The summed E-state index contributed by atoms with van der Waals surface area (Å²) in [4.78, 5) is 4.47. The highest BCUT2D eigenvalue weighted by Gasteiger charge is 2.15. The van der Waals surface area contributed by atoms with Crippen molar-refractivity contribution in [1.29, 1.82) is 0 Å². The second-order valence-electron chi connectivity index (χ2n) is 6.67. The molecule has 0 amide bonds. The van der Waals surface area contributed by atoms with E-state index in [1.807, 2.05) is 47.9 Å². The summed E-state index contributed by atoms with van der Waals surface area (Å²) in [7, 11) is 1.36. The Morgan fingerprint density at radius 1 is 1.07 bits per heavy atom. The molecule has 1 atom stereocenters. The van der Waals surface area contributed by atoms with E-state index in [1.165, 1.54) is 13.2 Å². The Hall–Kier alpha value is -3.25. The number of hydrogen-bond acceptors (Lipinski definition) is 3. The number of methoxy groups -OCH3 is 1. The zero-order valence-corrected chi connectivity index (χ0v) is 15.5. The molecule has 28 heavy (non-hydrogen) atoms. The molecule has 0 aliphatic heterocycles. The average molecular weight is 379 g/mol. The van der Waals surface area contributed by atoms with E-state index in [4.69, 9.17) is 10.5 Å². The van der Waals surface area contributed by atoms with E-state index in [0.29, 0.717) is 11.1 Å². The van der Waals surface area contributed by atoms with Crippen molar-refractivity contribution in [2.24, 2.45) is 5.73 Å². The predicted octanol–water partition coefficient (Wildman–Crippen LogP) is 5.00. The number of ether oxygens (including phenoxy) is 1. The second kappa shape index (κ2) is 7.05. The van der Waals surface area contributed by atoms with Gasteiger partial charge in [-0.2, -0.15) is 0 Å². The van der Waals surface area contributed by atoms with Crippen LogP contribution in [0.4, 0.5) is 8.78 Å². The van der Waals surface area contributed by atoms with Crippen LogP contribution in [0, 0.1) is 11.6 Å². The number of fused-ring (bicyclic) bond motifs is 1. The SMILES string of the molecule is COc1c(F)cc(F)cc1-c1cccc(-n2cnc3cc([C@H](C)N)ccc32)c1. The van der Waals surface area contributed by atoms with Gasteiger partial charge in [-0.3, -0.25) is 4.57 Å². The van der Waals surface area contributed by atoms with Gasteiger partial charge in [0.2, 0.25) is 0 Å². The van der Waals surface area contributed by atoms with E-state index < -0.39 is 11.6 Å². The highest BCUT2D eigenvalue weighted by atomic mass is 19.1. The lowest BCUT2D eigenvalue weighted by atomic mass is 10.0. The largest absolute Gasteiger partial charge is 0.493 e. The molecule has 6 heteroatoms. The van der Waals surface area contributed by atoms with Crippen molar-refractivity contribution in [2.75, 3.05) is 7.11 Å². The Morgan fingerprint density at radius 3 is 2.64 bits per heavy atom. The monoisotopic (exact) mass is 379 g/mol. The van der Waals surface area contributed by atoms with Crippen molar-refractivity contribution in [1.82, 2.24) is 9.55 Å². The lowest BCUT2D eigenvalue weighted by Crippen LogP contribution is -2.04. The Bertz CT molecular complexity index is 1170. The number of aromatic nitrogens is 2. The second-order valence-corrected chi connectivity index (χ2v) is 6.67. The summed E-state index contributed by atoms with van der Waals surface area (Å²) in [5.74, 6) is -1.38. The molecule has 0 saturated carbocycles. The molecule has 142 valence electrons. The van der Waals surface area contributed by atoms with Gasteiger partial charge in [-0.1, -0.05) is 18.2 Å². The third-order valence-corrected chi connectivity index (χ3v) is 4.74. The quantitative estimate of drug-likeness (QED) is 0.543. The first-order valence-electron chi connectivity index (χ1n) is 8.84. The van der Waals surface area contributed by atoms with Crippen molar-refractivity contribution < 1.29 is 13.5 Å². The molecule has 0 unspecified atom stereocenters. The number of benzene rings is 3. The third kappa shape index (κ3) is 3.12. The Balaban J connectivity index is 1.84. The van der Waals surface area contributed by atoms with E-state index in [-0.39, 0.29) is 11.8 Å². The number of halogens is 2. The average Bonchev–Trinajstić information content (AvgIpc) is 3.10. The fourth-order valence-electron chi connectivity index (χ4n) is 3.32. The van der Waals surface area contributed by atoms with Crippen molar-refractivity contribution in [3.63, 3.8) is 0 Å². The molecule has 2 N–H and O–H groups in total. The topological polar surface area (TPSA) is 53.1 Å². The zero-order chi connectivity index (χ0) is 19.8. The standard InChI is InChI=1S/C22H19F2N3O/c1-13(25)14-6-7-21-20(9-14)26-12-27(21)17-5-3-4-15(8-17)18-10-16(23)11-19(24)22(18)28-2/h3-13H,25H2,1-2H3/t13-/m0/s1. The van der Waals surface area contributed by atoms with Gasteiger partial charge < -0.3 is 10.5 Å². The molecule has 1 heterocycles. The summed E-state index contributed by atoms with van der Waals surface area (Å²) < 4.78 is 35.0. The fraction of sp³-hybridized carbons (Fsp3) is 0.136. The molecule has 0 aliphatic carbocycles. The molecule has 0 saturated heterocycles. The molecule has 4 rings (SSSR count). The summed E-state index contributed by atoms with van der Waals surface area (Å²) in [6, 6.07) is 15.3. The van der Waals surface area contributed by atoms with Crippen molar-refractivity contribution >= 4 is 11.0 Å². The molecule has 0 aliphatic rings. The van der Waals surface area contributed by atoms with Gasteiger partial charge in [0, 0.05) is 23.4 Å². The maximum absolute atomic E-state index is 14.1. The van der Waals surface area contributed by atoms with Crippen molar-refractivity contribution in [3.05, 3.63) is 78.1 Å². The van der Waals surface area contributed by atoms with Crippen LogP contribution in [0.3, 0.4) is 0 Å². The maximum atomic E-state index is 14.1. The minimum atomic E-state index is -0.737. The predicted molar refractivity (Wildman–Crippen MR) is 106 cm³/mol. The zero-order valence-electron chi connectivity index (χ0n) is 15.5. The smallest absolute Gasteiger partial charge is 0.168 e. The van der Waals surface area contributed by atoms with Gasteiger partial charge in [-0.25, -0.2) is 13.8 Å². The first-order valence-corrected chi connectivity index (χ1v) is 8.84. The molecule has 4 aromatic rings. The number of nitrogens with zero attached hydrogens (tertiary/aromatic N) is 2. The van der Waals surface area contributed by atoms with E-state index in [1.54, 1.807) is 12.4 Å². The number of hydrogen-bond donors (Lipinski definition) is 1. The van der Waals surface area contributed by atoms with Crippen LogP contribution in [-0.4, -0.2) is 16.7 Å². The first-order chi connectivity index (χ1) is 13.5. The first kappa shape index (κ1) is 18.1. The van der Waals surface area contributed by atoms with E-state index >= 15 is 0 Å². The number of nitrogens with two attached hydrogens (primary N) is 1. The van der Waals surface area contributed by atoms with Crippen LogP contribution in [0.25, 0.3) is 27.8 Å². The van der Waals surface area contributed by atoms with Gasteiger partial charge >= 0.3 is 0 Å². The van der Waals surface area contributed by atoms with E-state index in [2.05, 4.69) is 4.98 Å². The van der Waals surface area contributed by atoms with Crippen molar-refractivity contribution in [2.45, 2.75) is 13.0 Å². The highest BCUT2D eigenvalue weighted by molar-refractivity contribution is 5.79. The van der Waals surface area contributed by atoms with Crippen LogP contribution in [0.1, 0.15) is 18.5 Å². The van der Waals surface area contributed by atoms with Gasteiger partial charge in [0.05, 0.1) is 18.1 Å². The van der Waals surface area contributed by atoms with Crippen LogP contribution >= 0.6 is 0 Å². The Labute approximate surface area is 161 Å². The van der Waals surface area contributed by atoms with Gasteiger partial charge in [0.15, 0.2) is 11.6 Å². The molecule has 4 nitrogen and oxygen atoms in total. The van der Waals surface area contributed by atoms with Crippen LogP contribution in [0.15, 0.2) is 60.9 Å². The molecule has 0 radical (unpaired) electrons. The van der Waals surface area contributed by atoms with Gasteiger partial charge in [0.1, 0.15) is 12.1 Å². The Morgan fingerprint density at radius 2 is 1.89 bits per heavy atom. The minimum absolute atomic E-state index is 0.00983. The third-order valence-electron chi connectivity index (χ3n) is 4.74. The molecule has 0 fully saturated rings. The Kier molecular flexibility index (Phi) is 4.57. The highest BCUT2D eigenvalue weighted by Crippen LogP contribution is 2.34. The summed E-state index contributed by atoms with van der Waals surface area (Å²) in [5.41, 5.74) is 10.5. The summed E-state index contributed by atoms with van der Waals surface area (Å²) >= 11 is 0. The molecular weight excluding hydrogens is 360 g/mol. The minimum Gasteiger partial charge on any atom is -0.493 e. The van der Waals surface area contributed by atoms with E-state index in [0.717, 1.165) is 28.4 Å².